The van der Waals surface area contributed by atoms with Gasteiger partial charge in [-0.1, -0.05) is 36.4 Å². The summed E-state index contributed by atoms with van der Waals surface area (Å²) in [6, 6.07) is 9.99. The summed E-state index contributed by atoms with van der Waals surface area (Å²) in [7, 11) is -5.01. The molecule has 0 saturated heterocycles. The Morgan fingerprint density at radius 1 is 1.32 bits per heavy atom. The number of ketones is 1. The molecular weight excluding hydrogens is 344 g/mol. The molecule has 1 aliphatic rings. The van der Waals surface area contributed by atoms with Crippen molar-refractivity contribution < 1.29 is 26.2 Å². The molecule has 1 atom stereocenters. The first-order valence-electron chi connectivity index (χ1n) is 8.65. The zero-order chi connectivity index (χ0) is 20.7. The van der Waals surface area contributed by atoms with Gasteiger partial charge in [-0.05, 0) is 18.6 Å². The van der Waals surface area contributed by atoms with Crippen LogP contribution in [-0.4, -0.2) is 19.2 Å². The summed E-state index contributed by atoms with van der Waals surface area (Å²) in [6.07, 6.45) is -1.15. The van der Waals surface area contributed by atoms with Gasteiger partial charge in [0.25, 0.3) is 0 Å². The number of benzene rings is 1. The van der Waals surface area contributed by atoms with Gasteiger partial charge in [0.1, 0.15) is 5.70 Å². The van der Waals surface area contributed by atoms with Gasteiger partial charge in [-0.2, -0.15) is 8.42 Å². The fourth-order valence-corrected chi connectivity index (χ4v) is 2.91. The second-order valence-electron chi connectivity index (χ2n) is 5.15. The van der Waals surface area contributed by atoms with E-state index in [2.05, 4.69) is 4.98 Å². The largest absolute Gasteiger partial charge is 0.460 e. The van der Waals surface area contributed by atoms with Crippen molar-refractivity contribution >= 4 is 15.9 Å². The summed E-state index contributed by atoms with van der Waals surface area (Å²) in [4.78, 5) is 16.7. The van der Waals surface area contributed by atoms with Crippen molar-refractivity contribution in [1.82, 2.24) is 4.98 Å². The third-order valence-electron chi connectivity index (χ3n) is 3.23. The van der Waals surface area contributed by atoms with Crippen LogP contribution in [0.2, 0.25) is 0 Å². The minimum absolute atomic E-state index is 0.0214. The molecule has 1 aromatic carbocycles. The Morgan fingerprint density at radius 3 is 2.68 bits per heavy atom. The molecule has 1 aromatic heterocycles. The summed E-state index contributed by atoms with van der Waals surface area (Å²) in [5.41, 5.74) is 3.07. The van der Waals surface area contributed by atoms with E-state index in [1.807, 2.05) is 0 Å². The van der Waals surface area contributed by atoms with Crippen molar-refractivity contribution in [3.8, 4) is 0 Å². The summed E-state index contributed by atoms with van der Waals surface area (Å²) < 4.78 is 59.0. The molecule has 0 aliphatic carbocycles. The number of aromatic nitrogens is 1. The molecule has 2 aromatic rings. The first-order chi connectivity index (χ1) is 13.0. The molecule has 0 spiro atoms. The van der Waals surface area contributed by atoms with Gasteiger partial charge >= 0.3 is 10.1 Å². The number of Topliss-reactive ketones (excluding diaryl/α,β-unsaturated/α-hetero) is 1. The molecule has 3 rings (SSSR count). The van der Waals surface area contributed by atoms with E-state index < -0.39 is 39.3 Å². The van der Waals surface area contributed by atoms with Crippen molar-refractivity contribution in [3.63, 3.8) is 0 Å². The number of carbonyl (C=O) groups excluding carboxylic acids is 1. The lowest BCUT2D eigenvalue weighted by molar-refractivity contribution is -0.123. The third-order valence-corrected chi connectivity index (χ3v) is 4.10. The maximum atomic E-state index is 12.7. The van der Waals surface area contributed by atoms with Crippen LogP contribution in [0.4, 0.5) is 0 Å². The predicted molar refractivity (Wildman–Crippen MR) is 89.2 cm³/mol. The molecule has 2 N–H and O–H groups in total. The number of carbonyl (C=O) groups is 1. The molecule has 25 heavy (non-hydrogen) atoms. The predicted octanol–water partition coefficient (Wildman–Crippen LogP) is 1.70. The highest BCUT2D eigenvalue weighted by atomic mass is 32.2. The fraction of sp³-hybridized carbons (Fsp3) is 0.176. The van der Waals surface area contributed by atoms with E-state index in [0.29, 0.717) is 5.69 Å². The van der Waals surface area contributed by atoms with Crippen molar-refractivity contribution in [2.45, 2.75) is 18.7 Å². The number of hydrogen-bond acceptors (Lipinski definition) is 7. The highest BCUT2D eigenvalue weighted by molar-refractivity contribution is 7.86. The normalized spacial score (nSPS) is 22.8. The maximum absolute atomic E-state index is 12.7. The van der Waals surface area contributed by atoms with Gasteiger partial charge in [-0.3, -0.25) is 9.78 Å². The number of ether oxygens (including phenoxy) is 1. The van der Waals surface area contributed by atoms with Crippen LogP contribution in [0.5, 0.6) is 0 Å². The number of nitrogens with two attached hydrogens (primary N) is 1. The molecule has 0 fully saturated rings. The quantitative estimate of drug-likeness (QED) is 0.805. The van der Waals surface area contributed by atoms with E-state index in [0.717, 1.165) is 0 Å². The summed E-state index contributed by atoms with van der Waals surface area (Å²) in [5.74, 6) is -2.86. The Kier molecular flexibility index (Phi) is 3.52. The molecule has 2 heterocycles. The van der Waals surface area contributed by atoms with Crippen LogP contribution in [0, 0.1) is 6.92 Å². The number of aryl methyl sites for hydroxylation is 1. The number of rotatable bonds is 5. The van der Waals surface area contributed by atoms with Crippen LogP contribution < -0.4 is 5.73 Å². The average Bonchev–Trinajstić information content (AvgIpc) is 2.86. The molecule has 7 nitrogen and oxygen atoms in total. The van der Waals surface area contributed by atoms with E-state index in [1.165, 1.54) is 36.5 Å². The first-order valence-corrected chi connectivity index (χ1v) is 8.56. The molecule has 0 saturated carbocycles. The Labute approximate surface area is 149 Å². The number of hydrogen-bond donors (Lipinski definition) is 1. The topological polar surface area (TPSA) is 109 Å². The van der Waals surface area contributed by atoms with E-state index >= 15 is 0 Å². The maximum Gasteiger partial charge on any atom is 0.313 e. The number of nitrogens with zero attached hydrogens (tertiary/aromatic N) is 1. The monoisotopic (exact) mass is 363 g/mol. The van der Waals surface area contributed by atoms with Gasteiger partial charge in [-0.25, -0.2) is 0 Å². The van der Waals surface area contributed by atoms with E-state index in [4.69, 9.17) is 18.8 Å². The van der Waals surface area contributed by atoms with Gasteiger partial charge in [-0.15, -0.1) is 0 Å². The summed E-state index contributed by atoms with van der Waals surface area (Å²) in [6.45, 7) is 1.71. The zero-order valence-corrected chi connectivity index (χ0v) is 13.9. The molecule has 130 valence electrons. The average molecular weight is 363 g/mol. The van der Waals surface area contributed by atoms with E-state index in [-0.39, 0.29) is 11.1 Å². The van der Waals surface area contributed by atoms with Gasteiger partial charge in [0.05, 0.1) is 4.11 Å². The van der Waals surface area contributed by atoms with Gasteiger partial charge in [0.15, 0.2) is 6.08 Å². The van der Waals surface area contributed by atoms with E-state index in [1.54, 1.807) is 19.1 Å². The molecule has 0 unspecified atom stereocenters. The zero-order valence-electron chi connectivity index (χ0n) is 16.1. The lowest BCUT2D eigenvalue weighted by atomic mass is 10.1. The van der Waals surface area contributed by atoms with Crippen molar-refractivity contribution in [2.75, 3.05) is 0 Å². The highest BCUT2D eigenvalue weighted by Gasteiger charge is 2.39. The van der Waals surface area contributed by atoms with Crippen molar-refractivity contribution in [3.05, 3.63) is 77.1 Å². The van der Waals surface area contributed by atoms with Crippen molar-refractivity contribution in [2.24, 2.45) is 5.73 Å². The van der Waals surface area contributed by atoms with Crippen LogP contribution >= 0.6 is 0 Å². The van der Waals surface area contributed by atoms with E-state index in [9.17, 15) is 13.2 Å². The van der Waals surface area contributed by atoms with Crippen molar-refractivity contribution in [1.29, 1.82) is 0 Å². The van der Waals surface area contributed by atoms with Crippen LogP contribution in [0.15, 0.2) is 60.3 Å². The lowest BCUT2D eigenvalue weighted by Crippen LogP contribution is -2.16. The van der Waals surface area contributed by atoms with Crippen LogP contribution in [0.3, 0.4) is 0 Å². The molecular formula is C17H16N2O5S. The van der Waals surface area contributed by atoms with Crippen LogP contribution in [-0.2, 0) is 29.5 Å². The minimum Gasteiger partial charge on any atom is -0.460 e. The molecule has 0 radical (unpaired) electrons. The molecule has 1 aliphatic heterocycles. The molecule has 0 bridgehead atoms. The summed E-state index contributed by atoms with van der Waals surface area (Å²) in [5, 5.41) is 0. The second-order valence-corrected chi connectivity index (χ2v) is 6.43. The Morgan fingerprint density at radius 2 is 2.04 bits per heavy atom. The summed E-state index contributed by atoms with van der Waals surface area (Å²) >= 11 is 0. The first kappa shape index (κ1) is 13.4. The van der Waals surface area contributed by atoms with Gasteiger partial charge < -0.3 is 14.7 Å². The third kappa shape index (κ3) is 3.80. The van der Waals surface area contributed by atoms with Gasteiger partial charge in [0, 0.05) is 17.5 Å². The fourth-order valence-electron chi connectivity index (χ4n) is 2.07. The Balaban J connectivity index is 1.93. The second kappa shape index (κ2) is 6.56. The highest BCUT2D eigenvalue weighted by Crippen LogP contribution is 2.32. The Bertz CT molecular complexity index is 1060. The lowest BCUT2D eigenvalue weighted by Gasteiger charge is -2.09. The standard InChI is InChI=1S/C17H16N2O5S/c1-11-7-8-13(9-19-11)15-14(20)16(17(18)23-15)24-25(21,22)10-12-5-3-2-4-6-12/h2-9,15H,10,18H2,1H3/t15-/m0/s1/i10D2,15D. The minimum atomic E-state index is -5.01. The number of pyridine rings is 1. The Hall–Kier alpha value is -2.87. The van der Waals surface area contributed by atoms with Crippen LogP contribution in [0.25, 0.3) is 0 Å². The SMILES string of the molecule is [2H]C([2H])(c1ccccc1)S(=O)(=O)OC1=C(N)O[C@@]([2H])(c2ccc(C)nc2)C1=O. The van der Waals surface area contributed by atoms with Crippen LogP contribution in [0.1, 0.15) is 27.0 Å². The molecule has 8 heteroatoms. The van der Waals surface area contributed by atoms with Gasteiger partial charge in [0.2, 0.25) is 17.4 Å². The smallest absolute Gasteiger partial charge is 0.313 e. The molecule has 0 amide bonds.